The van der Waals surface area contributed by atoms with Crippen LogP contribution in [0.5, 0.6) is 0 Å². The minimum Gasteiger partial charge on any atom is -0.379 e. The molecule has 6 heteroatoms. The van der Waals surface area contributed by atoms with E-state index in [-0.39, 0.29) is 17.2 Å². The molecule has 1 aromatic rings. The van der Waals surface area contributed by atoms with E-state index < -0.39 is 0 Å². The second kappa shape index (κ2) is 5.63. The van der Waals surface area contributed by atoms with Crippen LogP contribution in [-0.2, 0) is 4.74 Å². The highest BCUT2D eigenvalue weighted by molar-refractivity contribution is 6.29. The summed E-state index contributed by atoms with van der Waals surface area (Å²) in [7, 11) is 1.68. The molecule has 98 valence electrons. The lowest BCUT2D eigenvalue weighted by atomic mass is 9.95. The number of ether oxygens (including phenoxy) is 1. The Kier molecular flexibility index (Phi) is 4.14. The van der Waals surface area contributed by atoms with Crippen molar-refractivity contribution < 1.29 is 9.53 Å². The summed E-state index contributed by atoms with van der Waals surface area (Å²) in [5.41, 5.74) is 0.323. The largest absolute Gasteiger partial charge is 0.379 e. The first kappa shape index (κ1) is 13.2. The molecule has 1 fully saturated rings. The molecule has 1 amide bonds. The summed E-state index contributed by atoms with van der Waals surface area (Å²) < 4.78 is 5.39. The molecule has 0 radical (unpaired) electrons. The summed E-state index contributed by atoms with van der Waals surface area (Å²) in [4.78, 5) is 21.8. The van der Waals surface area contributed by atoms with E-state index in [4.69, 9.17) is 16.3 Å². The van der Waals surface area contributed by atoms with Crippen LogP contribution in [0.3, 0.4) is 0 Å². The number of nitrogens with zero attached hydrogens (tertiary/aromatic N) is 3. The Morgan fingerprint density at radius 3 is 2.89 bits per heavy atom. The molecule has 2 rings (SSSR count). The molecule has 1 saturated heterocycles. The number of likely N-dealkylation sites (tertiary alicyclic amines) is 1. The number of carbonyl (C=O) groups is 1. The second-order valence-electron chi connectivity index (χ2n) is 4.52. The first-order valence-corrected chi connectivity index (χ1v) is 6.29. The van der Waals surface area contributed by atoms with Crippen LogP contribution in [0.2, 0.25) is 5.15 Å². The van der Waals surface area contributed by atoms with Gasteiger partial charge in [-0.1, -0.05) is 18.5 Å². The zero-order chi connectivity index (χ0) is 13.1. The second-order valence-corrected chi connectivity index (χ2v) is 4.90. The third kappa shape index (κ3) is 2.79. The first-order chi connectivity index (χ1) is 8.61. The van der Waals surface area contributed by atoms with E-state index in [1.54, 1.807) is 12.0 Å². The minimum atomic E-state index is -0.117. The van der Waals surface area contributed by atoms with Crippen molar-refractivity contribution in [2.24, 2.45) is 5.92 Å². The maximum Gasteiger partial charge on any atom is 0.274 e. The number of piperidine rings is 1. The molecule has 0 aliphatic carbocycles. The maximum absolute atomic E-state index is 12.2. The predicted octanol–water partition coefficient (Wildman–Crippen LogP) is 1.63. The van der Waals surface area contributed by atoms with E-state index in [1.807, 2.05) is 0 Å². The highest BCUT2D eigenvalue weighted by atomic mass is 35.5. The number of hydrogen-bond donors (Lipinski definition) is 0. The number of carbonyl (C=O) groups excluding carboxylic acids is 1. The molecule has 1 aromatic heterocycles. The van der Waals surface area contributed by atoms with Crippen LogP contribution in [0.15, 0.2) is 12.4 Å². The van der Waals surface area contributed by atoms with Crippen molar-refractivity contribution in [2.45, 2.75) is 19.4 Å². The molecule has 2 unspecified atom stereocenters. The molecular formula is C12H16ClN3O2. The van der Waals surface area contributed by atoms with Gasteiger partial charge in [0.15, 0.2) is 0 Å². The molecule has 2 heterocycles. The number of hydrogen-bond acceptors (Lipinski definition) is 4. The van der Waals surface area contributed by atoms with Crippen molar-refractivity contribution in [1.29, 1.82) is 0 Å². The summed E-state index contributed by atoms with van der Waals surface area (Å²) in [6.45, 7) is 3.46. The summed E-state index contributed by atoms with van der Waals surface area (Å²) in [5.74, 6) is 0.350. The highest BCUT2D eigenvalue weighted by Crippen LogP contribution is 2.20. The minimum absolute atomic E-state index is 0.0861. The number of aromatic nitrogens is 2. The Bertz CT molecular complexity index is 424. The standard InChI is InChI=1S/C12H16ClN3O2/c1-8-3-4-16(7-10(8)18-2)12(17)9-5-15-11(13)6-14-9/h5-6,8,10H,3-4,7H2,1-2H3. The molecule has 18 heavy (non-hydrogen) atoms. The Balaban J connectivity index is 2.07. The van der Waals surface area contributed by atoms with E-state index in [0.717, 1.165) is 13.0 Å². The molecule has 2 atom stereocenters. The van der Waals surface area contributed by atoms with Crippen molar-refractivity contribution in [3.8, 4) is 0 Å². The third-order valence-electron chi connectivity index (χ3n) is 3.32. The fraction of sp³-hybridized carbons (Fsp3) is 0.583. The normalized spacial score (nSPS) is 24.1. The van der Waals surface area contributed by atoms with Gasteiger partial charge in [-0.2, -0.15) is 0 Å². The van der Waals surface area contributed by atoms with Crippen molar-refractivity contribution in [3.63, 3.8) is 0 Å². The van der Waals surface area contributed by atoms with Gasteiger partial charge in [-0.3, -0.25) is 4.79 Å². The average molecular weight is 270 g/mol. The lowest BCUT2D eigenvalue weighted by Gasteiger charge is -2.35. The SMILES string of the molecule is COC1CN(C(=O)c2cnc(Cl)cn2)CCC1C. The third-order valence-corrected chi connectivity index (χ3v) is 3.51. The first-order valence-electron chi connectivity index (χ1n) is 5.91. The fourth-order valence-electron chi connectivity index (χ4n) is 2.11. The zero-order valence-corrected chi connectivity index (χ0v) is 11.2. The van der Waals surface area contributed by atoms with Crippen LogP contribution in [0.4, 0.5) is 0 Å². The predicted molar refractivity (Wildman–Crippen MR) is 67.5 cm³/mol. The van der Waals surface area contributed by atoms with Gasteiger partial charge in [0.05, 0.1) is 18.5 Å². The van der Waals surface area contributed by atoms with E-state index in [9.17, 15) is 4.79 Å². The Hall–Kier alpha value is -1.20. The van der Waals surface area contributed by atoms with Crippen molar-refractivity contribution in [3.05, 3.63) is 23.2 Å². The quantitative estimate of drug-likeness (QED) is 0.819. The van der Waals surface area contributed by atoms with Crippen molar-refractivity contribution in [1.82, 2.24) is 14.9 Å². The molecule has 5 nitrogen and oxygen atoms in total. The lowest BCUT2D eigenvalue weighted by molar-refractivity contribution is -0.00179. The van der Waals surface area contributed by atoms with Gasteiger partial charge in [0, 0.05) is 20.2 Å². The van der Waals surface area contributed by atoms with Crippen LogP contribution >= 0.6 is 11.6 Å². The van der Waals surface area contributed by atoms with E-state index >= 15 is 0 Å². The highest BCUT2D eigenvalue weighted by Gasteiger charge is 2.29. The van der Waals surface area contributed by atoms with Gasteiger partial charge < -0.3 is 9.64 Å². The number of halogens is 1. The van der Waals surface area contributed by atoms with Gasteiger partial charge in [-0.05, 0) is 12.3 Å². The molecule has 1 aliphatic heterocycles. The number of methoxy groups -OCH3 is 1. The summed E-state index contributed by atoms with van der Waals surface area (Å²) in [5, 5.41) is 0.286. The van der Waals surface area contributed by atoms with E-state index in [1.165, 1.54) is 12.4 Å². The topological polar surface area (TPSA) is 55.3 Å². The average Bonchev–Trinajstić information content (AvgIpc) is 2.39. The van der Waals surface area contributed by atoms with Gasteiger partial charge in [0.2, 0.25) is 0 Å². The van der Waals surface area contributed by atoms with Crippen molar-refractivity contribution in [2.75, 3.05) is 20.2 Å². The van der Waals surface area contributed by atoms with Crippen molar-refractivity contribution >= 4 is 17.5 Å². The van der Waals surface area contributed by atoms with E-state index in [0.29, 0.717) is 18.2 Å². The Labute approximate surface area is 111 Å². The lowest BCUT2D eigenvalue weighted by Crippen LogP contribution is -2.46. The molecule has 0 spiro atoms. The van der Waals surface area contributed by atoms with E-state index in [2.05, 4.69) is 16.9 Å². The van der Waals surface area contributed by atoms with Gasteiger partial charge in [0.1, 0.15) is 10.8 Å². The monoisotopic (exact) mass is 269 g/mol. The fourth-order valence-corrected chi connectivity index (χ4v) is 2.21. The van der Waals surface area contributed by atoms with Gasteiger partial charge >= 0.3 is 0 Å². The maximum atomic E-state index is 12.2. The molecule has 0 aromatic carbocycles. The summed E-state index contributed by atoms with van der Waals surface area (Å²) in [6.07, 6.45) is 3.81. The van der Waals surface area contributed by atoms with Crippen LogP contribution in [0, 0.1) is 5.92 Å². The zero-order valence-electron chi connectivity index (χ0n) is 10.5. The van der Waals surface area contributed by atoms with Crippen LogP contribution in [0.1, 0.15) is 23.8 Å². The van der Waals surface area contributed by atoms with Gasteiger partial charge in [0.25, 0.3) is 5.91 Å². The van der Waals surface area contributed by atoms with Gasteiger partial charge in [-0.25, -0.2) is 9.97 Å². The Morgan fingerprint density at radius 2 is 2.28 bits per heavy atom. The Morgan fingerprint density at radius 1 is 1.50 bits per heavy atom. The molecule has 0 saturated carbocycles. The number of amides is 1. The molecule has 0 bridgehead atoms. The summed E-state index contributed by atoms with van der Waals surface area (Å²) >= 11 is 5.65. The van der Waals surface area contributed by atoms with Gasteiger partial charge in [-0.15, -0.1) is 0 Å². The molecular weight excluding hydrogens is 254 g/mol. The molecule has 1 aliphatic rings. The summed E-state index contributed by atoms with van der Waals surface area (Å²) in [6, 6.07) is 0. The van der Waals surface area contributed by atoms with Crippen LogP contribution in [-0.4, -0.2) is 47.1 Å². The number of rotatable bonds is 2. The van der Waals surface area contributed by atoms with Crippen LogP contribution in [0.25, 0.3) is 0 Å². The van der Waals surface area contributed by atoms with Crippen LogP contribution < -0.4 is 0 Å². The smallest absolute Gasteiger partial charge is 0.274 e. The molecule has 0 N–H and O–H groups in total.